The Balaban J connectivity index is 2.60. The van der Waals surface area contributed by atoms with Crippen molar-refractivity contribution in [3.05, 3.63) is 33.4 Å². The fourth-order valence-corrected chi connectivity index (χ4v) is 2.59. The second-order valence-electron chi connectivity index (χ2n) is 3.99. The second kappa shape index (κ2) is 4.69. The number of hydrogen-bond donors (Lipinski definition) is 0. The van der Waals surface area contributed by atoms with E-state index in [0.717, 1.165) is 5.75 Å². The Bertz CT molecular complexity index is 276. The molecule has 0 saturated carbocycles. The van der Waals surface area contributed by atoms with Crippen LogP contribution in [0.5, 0.6) is 0 Å². The van der Waals surface area contributed by atoms with E-state index in [-0.39, 0.29) is 0 Å². The number of rotatable bonds is 2. The lowest BCUT2D eigenvalue weighted by Gasteiger charge is -2.17. The third-order valence-corrected chi connectivity index (χ3v) is 3.99. The Hall–Kier alpha value is 0.300. The lowest BCUT2D eigenvalue weighted by molar-refractivity contribution is 0.802. The van der Waals surface area contributed by atoms with Gasteiger partial charge in [0.25, 0.3) is 0 Å². The van der Waals surface area contributed by atoms with E-state index in [1.165, 1.54) is 9.13 Å². The predicted molar refractivity (Wildman–Crippen MR) is 70.2 cm³/mol. The van der Waals surface area contributed by atoms with E-state index in [0.29, 0.717) is 4.75 Å². The van der Waals surface area contributed by atoms with Crippen LogP contribution in [0.3, 0.4) is 0 Å². The molecule has 0 aliphatic carbocycles. The van der Waals surface area contributed by atoms with Crippen molar-refractivity contribution in [3.63, 3.8) is 0 Å². The number of thioether (sulfide) groups is 1. The molecule has 13 heavy (non-hydrogen) atoms. The van der Waals surface area contributed by atoms with Crippen LogP contribution in [0.4, 0.5) is 0 Å². The Morgan fingerprint density at radius 1 is 1.23 bits per heavy atom. The average molecular weight is 306 g/mol. The molecule has 72 valence electrons. The van der Waals surface area contributed by atoms with Gasteiger partial charge in [-0.25, -0.2) is 0 Å². The minimum absolute atomic E-state index is 0.360. The molecule has 1 aromatic carbocycles. The highest BCUT2D eigenvalue weighted by atomic mass is 127. The highest BCUT2D eigenvalue weighted by molar-refractivity contribution is 14.1. The zero-order chi connectivity index (χ0) is 9.90. The molecule has 0 atom stereocenters. The van der Waals surface area contributed by atoms with E-state index in [1.54, 1.807) is 0 Å². The number of hydrogen-bond acceptors (Lipinski definition) is 1. The third kappa shape index (κ3) is 4.36. The molecule has 0 nitrogen and oxygen atoms in total. The summed E-state index contributed by atoms with van der Waals surface area (Å²) in [5.74, 6) is 1.11. The fourth-order valence-electron chi connectivity index (χ4n) is 0.910. The Morgan fingerprint density at radius 2 is 1.85 bits per heavy atom. The normalized spacial score (nSPS) is 11.7. The molecule has 0 amide bonds. The minimum atomic E-state index is 0.360. The number of halogens is 1. The Kier molecular flexibility index (Phi) is 4.10. The molecule has 1 rings (SSSR count). The van der Waals surface area contributed by atoms with Gasteiger partial charge in [0.1, 0.15) is 0 Å². The van der Waals surface area contributed by atoms with Gasteiger partial charge in [-0.15, -0.1) is 0 Å². The third-order valence-electron chi connectivity index (χ3n) is 1.62. The number of benzene rings is 1. The predicted octanol–water partition coefficient (Wildman–Crippen LogP) is 4.32. The molecule has 0 spiro atoms. The SMILES string of the molecule is CC(C)(C)SCc1ccccc1I. The molecule has 0 bridgehead atoms. The summed E-state index contributed by atoms with van der Waals surface area (Å²) in [6, 6.07) is 8.58. The van der Waals surface area contributed by atoms with Gasteiger partial charge in [-0.3, -0.25) is 0 Å². The van der Waals surface area contributed by atoms with Gasteiger partial charge >= 0.3 is 0 Å². The highest BCUT2D eigenvalue weighted by Crippen LogP contribution is 2.28. The maximum absolute atomic E-state index is 2.40. The van der Waals surface area contributed by atoms with Crippen LogP contribution in [0.15, 0.2) is 24.3 Å². The molecule has 0 saturated heterocycles. The van der Waals surface area contributed by atoms with Crippen molar-refractivity contribution >= 4 is 34.4 Å². The molecular weight excluding hydrogens is 291 g/mol. The lowest BCUT2D eigenvalue weighted by Crippen LogP contribution is -2.07. The van der Waals surface area contributed by atoms with E-state index < -0.39 is 0 Å². The Morgan fingerprint density at radius 3 is 2.38 bits per heavy atom. The van der Waals surface area contributed by atoms with Crippen LogP contribution in [0, 0.1) is 3.57 Å². The van der Waals surface area contributed by atoms with Crippen LogP contribution in [0.25, 0.3) is 0 Å². The maximum atomic E-state index is 2.40. The first-order valence-corrected chi connectivity index (χ1v) is 6.43. The molecule has 1 aromatic rings. The van der Waals surface area contributed by atoms with Crippen molar-refractivity contribution in [1.82, 2.24) is 0 Å². The van der Waals surface area contributed by atoms with Crippen LogP contribution >= 0.6 is 34.4 Å². The molecule has 0 radical (unpaired) electrons. The molecule has 2 heteroatoms. The summed E-state index contributed by atoms with van der Waals surface area (Å²) in [5.41, 5.74) is 1.45. The van der Waals surface area contributed by atoms with E-state index in [4.69, 9.17) is 0 Å². The van der Waals surface area contributed by atoms with Crippen molar-refractivity contribution in [2.24, 2.45) is 0 Å². The molecular formula is C11H15IS. The van der Waals surface area contributed by atoms with Crippen molar-refractivity contribution < 1.29 is 0 Å². The van der Waals surface area contributed by atoms with Gasteiger partial charge in [0, 0.05) is 14.1 Å². The van der Waals surface area contributed by atoms with Crippen molar-refractivity contribution in [2.75, 3.05) is 0 Å². The summed E-state index contributed by atoms with van der Waals surface area (Å²) in [7, 11) is 0. The van der Waals surface area contributed by atoms with E-state index in [2.05, 4.69) is 67.6 Å². The van der Waals surface area contributed by atoms with Gasteiger partial charge in [0.2, 0.25) is 0 Å². The maximum Gasteiger partial charge on any atom is 0.0200 e. The van der Waals surface area contributed by atoms with E-state index in [9.17, 15) is 0 Å². The summed E-state index contributed by atoms with van der Waals surface area (Å²) in [6.45, 7) is 6.77. The first-order chi connectivity index (χ1) is 5.99. The fraction of sp³-hybridized carbons (Fsp3) is 0.455. The summed E-state index contributed by atoms with van der Waals surface area (Å²) < 4.78 is 1.73. The minimum Gasteiger partial charge on any atom is -0.151 e. The zero-order valence-corrected chi connectivity index (χ0v) is 11.3. The van der Waals surface area contributed by atoms with Crippen molar-refractivity contribution in [2.45, 2.75) is 31.3 Å². The van der Waals surface area contributed by atoms with Crippen LogP contribution in [-0.4, -0.2) is 4.75 Å². The largest absolute Gasteiger partial charge is 0.151 e. The van der Waals surface area contributed by atoms with Crippen molar-refractivity contribution in [1.29, 1.82) is 0 Å². The van der Waals surface area contributed by atoms with Gasteiger partial charge in [-0.2, -0.15) is 11.8 Å². The van der Waals surface area contributed by atoms with E-state index >= 15 is 0 Å². The van der Waals surface area contributed by atoms with E-state index in [1.807, 2.05) is 11.8 Å². The standard InChI is InChI=1S/C11H15IS/c1-11(2,3)13-8-9-6-4-5-7-10(9)12/h4-7H,8H2,1-3H3. The second-order valence-corrected chi connectivity index (χ2v) is 6.96. The highest BCUT2D eigenvalue weighted by Gasteiger charge is 2.11. The summed E-state index contributed by atoms with van der Waals surface area (Å²) in [6.07, 6.45) is 0. The molecule has 0 unspecified atom stereocenters. The average Bonchev–Trinajstić information content (AvgIpc) is 2.01. The van der Waals surface area contributed by atoms with Gasteiger partial charge in [-0.1, -0.05) is 39.0 Å². The quantitative estimate of drug-likeness (QED) is 0.733. The van der Waals surface area contributed by atoms with Gasteiger partial charge in [-0.05, 0) is 34.2 Å². The van der Waals surface area contributed by atoms with Gasteiger partial charge < -0.3 is 0 Å². The topological polar surface area (TPSA) is 0 Å². The molecule has 0 N–H and O–H groups in total. The van der Waals surface area contributed by atoms with Gasteiger partial charge in [0.05, 0.1) is 0 Å². The smallest absolute Gasteiger partial charge is 0.0200 e. The first-order valence-electron chi connectivity index (χ1n) is 4.36. The summed E-state index contributed by atoms with van der Waals surface area (Å²) in [4.78, 5) is 0. The van der Waals surface area contributed by atoms with Crippen LogP contribution < -0.4 is 0 Å². The molecule has 0 aliphatic rings. The monoisotopic (exact) mass is 306 g/mol. The van der Waals surface area contributed by atoms with Gasteiger partial charge in [0.15, 0.2) is 0 Å². The Labute approximate surface area is 98.6 Å². The lowest BCUT2D eigenvalue weighted by atomic mass is 10.2. The molecule has 0 aliphatic heterocycles. The molecule has 0 fully saturated rings. The van der Waals surface area contributed by atoms with Crippen molar-refractivity contribution in [3.8, 4) is 0 Å². The summed E-state index contributed by atoms with van der Waals surface area (Å²) >= 11 is 4.39. The summed E-state index contributed by atoms with van der Waals surface area (Å²) in [5, 5.41) is 0. The molecule has 0 heterocycles. The van der Waals surface area contributed by atoms with Crippen LogP contribution in [0.2, 0.25) is 0 Å². The molecule has 0 aromatic heterocycles. The zero-order valence-electron chi connectivity index (χ0n) is 8.30. The first kappa shape index (κ1) is 11.4. The van der Waals surface area contributed by atoms with Crippen LogP contribution in [0.1, 0.15) is 26.3 Å². The van der Waals surface area contributed by atoms with Crippen LogP contribution in [-0.2, 0) is 5.75 Å².